The van der Waals surface area contributed by atoms with Crippen LogP contribution in [0.3, 0.4) is 0 Å². The fraction of sp³-hybridized carbons (Fsp3) is 0.700. The van der Waals surface area contributed by atoms with Crippen LogP contribution < -0.4 is 10.6 Å². The predicted octanol–water partition coefficient (Wildman–Crippen LogP) is 0.613. The van der Waals surface area contributed by atoms with E-state index in [1.807, 2.05) is 0 Å². The maximum atomic E-state index is 11.8. The molecular formula is C10H16N4O2S. The van der Waals surface area contributed by atoms with Crippen LogP contribution in [0.5, 0.6) is 0 Å². The van der Waals surface area contributed by atoms with Gasteiger partial charge in [0.1, 0.15) is 0 Å². The van der Waals surface area contributed by atoms with Crippen LogP contribution in [-0.4, -0.2) is 40.4 Å². The molecule has 0 spiro atoms. The lowest BCUT2D eigenvalue weighted by Crippen LogP contribution is -2.38. The molecule has 1 saturated carbocycles. The Morgan fingerprint density at radius 1 is 1.35 bits per heavy atom. The highest BCUT2D eigenvalue weighted by Gasteiger charge is 2.22. The quantitative estimate of drug-likeness (QED) is 0.737. The van der Waals surface area contributed by atoms with Gasteiger partial charge in [-0.25, -0.2) is 0 Å². The first-order valence-corrected chi connectivity index (χ1v) is 6.51. The Morgan fingerprint density at radius 2 is 2.06 bits per heavy atom. The van der Waals surface area contributed by atoms with Gasteiger partial charge in [0.05, 0.1) is 6.10 Å². The molecule has 17 heavy (non-hydrogen) atoms. The summed E-state index contributed by atoms with van der Waals surface area (Å²) in [7, 11) is 1.74. The van der Waals surface area contributed by atoms with Gasteiger partial charge < -0.3 is 15.7 Å². The Morgan fingerprint density at radius 3 is 2.65 bits per heavy atom. The van der Waals surface area contributed by atoms with E-state index >= 15 is 0 Å². The van der Waals surface area contributed by atoms with Crippen molar-refractivity contribution in [3.8, 4) is 0 Å². The summed E-state index contributed by atoms with van der Waals surface area (Å²) >= 11 is 1.24. The second-order valence-corrected chi connectivity index (χ2v) is 5.12. The van der Waals surface area contributed by atoms with Gasteiger partial charge in [-0.05, 0) is 25.7 Å². The number of carbonyl (C=O) groups excluding carboxylic acids is 1. The number of carbonyl (C=O) groups is 1. The lowest BCUT2D eigenvalue weighted by Gasteiger charge is -2.25. The maximum absolute atomic E-state index is 11.8. The second-order valence-electron chi connectivity index (χ2n) is 4.14. The largest absolute Gasteiger partial charge is 0.393 e. The Bertz CT molecular complexity index is 387. The third kappa shape index (κ3) is 3.13. The Balaban J connectivity index is 1.88. The minimum Gasteiger partial charge on any atom is -0.393 e. The van der Waals surface area contributed by atoms with E-state index in [1.54, 1.807) is 7.05 Å². The third-order valence-corrected chi connectivity index (χ3v) is 3.80. The van der Waals surface area contributed by atoms with Crippen LogP contribution >= 0.6 is 11.3 Å². The zero-order valence-electron chi connectivity index (χ0n) is 9.64. The first-order chi connectivity index (χ1) is 8.19. The number of amides is 1. The van der Waals surface area contributed by atoms with E-state index in [-0.39, 0.29) is 18.1 Å². The zero-order valence-corrected chi connectivity index (χ0v) is 10.5. The highest BCUT2D eigenvalue weighted by Crippen LogP contribution is 2.19. The van der Waals surface area contributed by atoms with Crippen LogP contribution in [0.1, 0.15) is 35.5 Å². The monoisotopic (exact) mass is 256 g/mol. The Labute approximate surface area is 103 Å². The third-order valence-electron chi connectivity index (χ3n) is 2.87. The molecule has 2 rings (SSSR count). The summed E-state index contributed by atoms with van der Waals surface area (Å²) in [6.45, 7) is 0. The van der Waals surface area contributed by atoms with E-state index < -0.39 is 0 Å². The normalized spacial score (nSPS) is 24.4. The number of rotatable bonds is 3. The van der Waals surface area contributed by atoms with Crippen molar-refractivity contribution in [1.29, 1.82) is 0 Å². The van der Waals surface area contributed by atoms with Crippen molar-refractivity contribution in [3.63, 3.8) is 0 Å². The van der Waals surface area contributed by atoms with Crippen molar-refractivity contribution in [2.75, 3.05) is 12.4 Å². The molecule has 0 aromatic carbocycles. The molecule has 1 aliphatic rings. The second kappa shape index (κ2) is 5.42. The Hall–Kier alpha value is -1.21. The van der Waals surface area contributed by atoms with E-state index in [0.29, 0.717) is 10.1 Å². The van der Waals surface area contributed by atoms with Gasteiger partial charge in [0.25, 0.3) is 5.91 Å². The standard InChI is InChI=1S/C10H16N4O2S/c1-11-10-14-13-9(17-10)8(16)12-6-2-4-7(15)5-3-6/h6-7,15H,2-5H2,1H3,(H,11,14)(H,12,16). The summed E-state index contributed by atoms with van der Waals surface area (Å²) < 4.78 is 0. The number of anilines is 1. The lowest BCUT2D eigenvalue weighted by molar-refractivity contribution is 0.0866. The molecule has 1 fully saturated rings. The highest BCUT2D eigenvalue weighted by molar-refractivity contribution is 7.17. The average molecular weight is 256 g/mol. The number of aliphatic hydroxyl groups is 1. The molecule has 0 unspecified atom stereocenters. The molecule has 1 heterocycles. The van der Waals surface area contributed by atoms with Crippen LogP contribution in [-0.2, 0) is 0 Å². The van der Waals surface area contributed by atoms with Crippen LogP contribution in [0, 0.1) is 0 Å². The van der Waals surface area contributed by atoms with E-state index in [4.69, 9.17) is 0 Å². The highest BCUT2D eigenvalue weighted by atomic mass is 32.1. The molecule has 1 aromatic heterocycles. The number of aliphatic hydroxyl groups excluding tert-OH is 1. The summed E-state index contributed by atoms with van der Waals surface area (Å²) in [5.74, 6) is -0.176. The molecule has 3 N–H and O–H groups in total. The van der Waals surface area contributed by atoms with Crippen molar-refractivity contribution in [1.82, 2.24) is 15.5 Å². The van der Waals surface area contributed by atoms with Gasteiger partial charge in [0, 0.05) is 13.1 Å². The molecule has 7 heteroatoms. The van der Waals surface area contributed by atoms with Crippen molar-refractivity contribution in [2.24, 2.45) is 0 Å². The van der Waals surface area contributed by atoms with Crippen molar-refractivity contribution in [2.45, 2.75) is 37.8 Å². The molecular weight excluding hydrogens is 240 g/mol. The number of hydrogen-bond donors (Lipinski definition) is 3. The van der Waals surface area contributed by atoms with Crippen LogP contribution in [0.15, 0.2) is 0 Å². The van der Waals surface area contributed by atoms with Crippen molar-refractivity contribution < 1.29 is 9.90 Å². The van der Waals surface area contributed by atoms with Gasteiger partial charge in [-0.3, -0.25) is 4.79 Å². The van der Waals surface area contributed by atoms with E-state index in [0.717, 1.165) is 25.7 Å². The SMILES string of the molecule is CNc1nnc(C(=O)NC2CCC(O)CC2)s1. The molecule has 0 atom stereocenters. The molecule has 1 amide bonds. The van der Waals surface area contributed by atoms with Gasteiger partial charge >= 0.3 is 0 Å². The molecule has 1 aromatic rings. The molecule has 1 aliphatic carbocycles. The van der Waals surface area contributed by atoms with Gasteiger partial charge in [-0.1, -0.05) is 11.3 Å². The molecule has 0 radical (unpaired) electrons. The Kier molecular flexibility index (Phi) is 3.90. The van der Waals surface area contributed by atoms with Crippen molar-refractivity contribution in [3.05, 3.63) is 5.01 Å². The summed E-state index contributed by atoms with van der Waals surface area (Å²) in [5, 5.41) is 23.8. The first-order valence-electron chi connectivity index (χ1n) is 5.69. The van der Waals surface area contributed by atoms with Gasteiger partial charge in [0.2, 0.25) is 10.1 Å². The molecule has 94 valence electrons. The van der Waals surface area contributed by atoms with Gasteiger partial charge in [0.15, 0.2) is 0 Å². The molecule has 0 saturated heterocycles. The van der Waals surface area contributed by atoms with Gasteiger partial charge in [-0.15, -0.1) is 10.2 Å². The van der Waals surface area contributed by atoms with Crippen LogP contribution in [0.4, 0.5) is 5.13 Å². The van der Waals surface area contributed by atoms with Crippen LogP contribution in [0.2, 0.25) is 0 Å². The van der Waals surface area contributed by atoms with Crippen molar-refractivity contribution >= 4 is 22.4 Å². The lowest BCUT2D eigenvalue weighted by atomic mass is 9.93. The fourth-order valence-electron chi connectivity index (χ4n) is 1.88. The first kappa shape index (κ1) is 12.3. The number of aromatic nitrogens is 2. The minimum absolute atomic E-state index is 0.146. The zero-order chi connectivity index (χ0) is 12.3. The summed E-state index contributed by atoms with van der Waals surface area (Å²) in [6, 6.07) is 0.146. The molecule has 0 aliphatic heterocycles. The molecule has 6 nitrogen and oxygen atoms in total. The predicted molar refractivity (Wildman–Crippen MR) is 65.2 cm³/mol. The number of nitrogens with zero attached hydrogens (tertiary/aromatic N) is 2. The fourth-order valence-corrected chi connectivity index (χ4v) is 2.48. The molecule has 0 bridgehead atoms. The summed E-state index contributed by atoms with van der Waals surface area (Å²) in [4.78, 5) is 11.8. The van der Waals surface area contributed by atoms with E-state index in [9.17, 15) is 9.90 Å². The number of nitrogens with one attached hydrogen (secondary N) is 2. The smallest absolute Gasteiger partial charge is 0.282 e. The van der Waals surface area contributed by atoms with E-state index in [2.05, 4.69) is 20.8 Å². The summed E-state index contributed by atoms with van der Waals surface area (Å²) in [6.07, 6.45) is 2.95. The minimum atomic E-state index is -0.208. The maximum Gasteiger partial charge on any atom is 0.282 e. The van der Waals surface area contributed by atoms with E-state index in [1.165, 1.54) is 11.3 Å². The average Bonchev–Trinajstić information content (AvgIpc) is 2.81. The topological polar surface area (TPSA) is 87.1 Å². The summed E-state index contributed by atoms with van der Waals surface area (Å²) in [5.41, 5.74) is 0. The van der Waals surface area contributed by atoms with Crippen LogP contribution in [0.25, 0.3) is 0 Å². The van der Waals surface area contributed by atoms with Gasteiger partial charge in [-0.2, -0.15) is 0 Å². The number of hydrogen-bond acceptors (Lipinski definition) is 6.